The molecule has 0 bridgehead atoms. The van der Waals surface area contributed by atoms with Crippen LogP contribution in [0.25, 0.3) is 0 Å². The second-order valence-electron chi connectivity index (χ2n) is 6.80. The minimum Gasteiger partial charge on any atom is -0.497 e. The summed E-state index contributed by atoms with van der Waals surface area (Å²) >= 11 is 3.58. The number of halogens is 2. The van der Waals surface area contributed by atoms with E-state index in [4.69, 9.17) is 14.2 Å². The predicted molar refractivity (Wildman–Crippen MR) is 120 cm³/mol. The van der Waals surface area contributed by atoms with Crippen molar-refractivity contribution in [3.63, 3.8) is 0 Å². The van der Waals surface area contributed by atoms with Crippen LogP contribution in [0.1, 0.15) is 16.7 Å². The summed E-state index contributed by atoms with van der Waals surface area (Å²) in [7, 11) is 3.29. The van der Waals surface area contributed by atoms with Gasteiger partial charge in [0.05, 0.1) is 18.7 Å². The fraction of sp³-hybridized carbons (Fsp3) is 0.250. The predicted octanol–water partition coefficient (Wildman–Crippen LogP) is 5.52. The molecule has 0 aromatic heterocycles. The maximum absolute atomic E-state index is 13.1. The molecule has 0 saturated heterocycles. The molecule has 3 rings (SSSR count). The van der Waals surface area contributed by atoms with Crippen molar-refractivity contribution in [1.82, 2.24) is 5.32 Å². The molecule has 0 unspecified atom stereocenters. The van der Waals surface area contributed by atoms with Crippen molar-refractivity contribution in [3.05, 3.63) is 87.6 Å². The molecule has 158 valence electrons. The summed E-state index contributed by atoms with van der Waals surface area (Å²) in [6.07, 6.45) is 0.932. The average Bonchev–Trinajstić information content (AvgIpc) is 2.77. The number of ether oxygens (including phenoxy) is 3. The van der Waals surface area contributed by atoms with Crippen molar-refractivity contribution in [1.29, 1.82) is 0 Å². The molecule has 0 aliphatic carbocycles. The molecule has 0 aliphatic rings. The molecule has 0 fully saturated rings. The molecule has 3 aromatic carbocycles. The van der Waals surface area contributed by atoms with E-state index in [9.17, 15) is 4.39 Å². The SMILES string of the molecule is COc1ccc(CCNCc2cc(Br)c(OCc3ccc(F)cc3)c(OC)c2)cc1. The molecule has 0 heterocycles. The Balaban J connectivity index is 1.55. The first kappa shape index (κ1) is 22.1. The van der Waals surface area contributed by atoms with Crippen LogP contribution in [0, 0.1) is 5.82 Å². The molecular formula is C24H25BrFNO3. The van der Waals surface area contributed by atoms with Crippen molar-refractivity contribution in [2.45, 2.75) is 19.6 Å². The van der Waals surface area contributed by atoms with Gasteiger partial charge >= 0.3 is 0 Å². The van der Waals surface area contributed by atoms with E-state index in [0.717, 1.165) is 34.3 Å². The third-order valence-electron chi connectivity index (χ3n) is 4.66. The molecule has 6 heteroatoms. The average molecular weight is 474 g/mol. The van der Waals surface area contributed by atoms with Gasteiger partial charge in [-0.05, 0) is 82.0 Å². The van der Waals surface area contributed by atoms with Crippen LogP contribution >= 0.6 is 15.9 Å². The first-order valence-electron chi connectivity index (χ1n) is 9.66. The monoisotopic (exact) mass is 473 g/mol. The molecule has 0 radical (unpaired) electrons. The lowest BCUT2D eigenvalue weighted by Crippen LogP contribution is -2.16. The molecule has 0 spiro atoms. The van der Waals surface area contributed by atoms with Gasteiger partial charge in [0.2, 0.25) is 0 Å². The van der Waals surface area contributed by atoms with Crippen LogP contribution in [0.3, 0.4) is 0 Å². The maximum Gasteiger partial charge on any atom is 0.175 e. The van der Waals surface area contributed by atoms with Crippen LogP contribution in [0.5, 0.6) is 17.2 Å². The molecule has 3 aromatic rings. The van der Waals surface area contributed by atoms with Gasteiger partial charge in [-0.2, -0.15) is 0 Å². The largest absolute Gasteiger partial charge is 0.497 e. The smallest absolute Gasteiger partial charge is 0.175 e. The number of benzene rings is 3. The van der Waals surface area contributed by atoms with E-state index in [1.165, 1.54) is 17.7 Å². The van der Waals surface area contributed by atoms with Crippen LogP contribution in [0.15, 0.2) is 65.1 Å². The second kappa shape index (κ2) is 11.0. The number of rotatable bonds is 10. The summed E-state index contributed by atoms with van der Waals surface area (Å²) in [5.74, 6) is 1.88. The Hall–Kier alpha value is -2.57. The zero-order valence-corrected chi connectivity index (χ0v) is 18.7. The lowest BCUT2D eigenvalue weighted by molar-refractivity contribution is 0.282. The second-order valence-corrected chi connectivity index (χ2v) is 7.65. The Morgan fingerprint density at radius 1 is 0.867 bits per heavy atom. The van der Waals surface area contributed by atoms with Crippen LogP contribution in [-0.4, -0.2) is 20.8 Å². The molecule has 1 N–H and O–H groups in total. The summed E-state index contributed by atoms with van der Waals surface area (Å²) in [4.78, 5) is 0. The van der Waals surface area contributed by atoms with Crippen LogP contribution < -0.4 is 19.5 Å². The number of hydrogen-bond donors (Lipinski definition) is 1. The van der Waals surface area contributed by atoms with Gasteiger partial charge < -0.3 is 19.5 Å². The summed E-state index contributed by atoms with van der Waals surface area (Å²) < 4.78 is 30.5. The highest BCUT2D eigenvalue weighted by molar-refractivity contribution is 9.10. The van der Waals surface area contributed by atoms with Gasteiger partial charge in [0.1, 0.15) is 18.2 Å². The van der Waals surface area contributed by atoms with E-state index in [2.05, 4.69) is 33.4 Å². The standard InChI is InChI=1S/C24H25BrFNO3/c1-28-21-9-5-17(6-10-21)11-12-27-15-19-13-22(25)24(23(14-19)29-2)30-16-18-3-7-20(26)8-4-18/h3-10,13-14,27H,11-12,15-16H2,1-2H3. The molecule has 0 amide bonds. The molecular weight excluding hydrogens is 449 g/mol. The first-order chi connectivity index (χ1) is 14.6. The van der Waals surface area contributed by atoms with Crippen LogP contribution in [0.2, 0.25) is 0 Å². The number of nitrogens with one attached hydrogen (secondary N) is 1. The highest BCUT2D eigenvalue weighted by Crippen LogP contribution is 2.37. The van der Waals surface area contributed by atoms with Gasteiger partial charge in [-0.15, -0.1) is 0 Å². The fourth-order valence-corrected chi connectivity index (χ4v) is 3.61. The van der Waals surface area contributed by atoms with E-state index in [-0.39, 0.29) is 5.82 Å². The molecule has 30 heavy (non-hydrogen) atoms. The van der Waals surface area contributed by atoms with Gasteiger partial charge in [-0.1, -0.05) is 24.3 Å². The van der Waals surface area contributed by atoms with Crippen LogP contribution in [0.4, 0.5) is 4.39 Å². The van der Waals surface area contributed by atoms with Crippen molar-refractivity contribution in [2.75, 3.05) is 20.8 Å². The molecule has 0 aliphatic heterocycles. The summed E-state index contributed by atoms with van der Waals surface area (Å²) in [5, 5.41) is 3.46. The van der Waals surface area contributed by atoms with E-state index < -0.39 is 0 Å². The van der Waals surface area contributed by atoms with E-state index in [1.54, 1.807) is 26.4 Å². The van der Waals surface area contributed by atoms with Crippen molar-refractivity contribution < 1.29 is 18.6 Å². The molecule has 4 nitrogen and oxygen atoms in total. The zero-order chi connectivity index (χ0) is 21.3. The highest BCUT2D eigenvalue weighted by atomic mass is 79.9. The van der Waals surface area contributed by atoms with Gasteiger partial charge in [0.25, 0.3) is 0 Å². The van der Waals surface area contributed by atoms with Gasteiger partial charge in [-0.3, -0.25) is 0 Å². The van der Waals surface area contributed by atoms with E-state index >= 15 is 0 Å². The normalized spacial score (nSPS) is 10.7. The van der Waals surface area contributed by atoms with E-state index in [1.807, 2.05) is 24.3 Å². The Kier molecular flexibility index (Phi) is 8.11. The summed E-state index contributed by atoms with van der Waals surface area (Å²) in [6.45, 7) is 1.90. The molecule has 0 saturated carbocycles. The number of hydrogen-bond acceptors (Lipinski definition) is 4. The van der Waals surface area contributed by atoms with Gasteiger partial charge in [-0.25, -0.2) is 4.39 Å². The third kappa shape index (κ3) is 6.21. The quantitative estimate of drug-likeness (QED) is 0.393. The van der Waals surface area contributed by atoms with E-state index in [0.29, 0.717) is 24.7 Å². The van der Waals surface area contributed by atoms with Gasteiger partial charge in [0.15, 0.2) is 11.5 Å². The van der Waals surface area contributed by atoms with Crippen LogP contribution in [-0.2, 0) is 19.6 Å². The van der Waals surface area contributed by atoms with Crippen molar-refractivity contribution in [2.24, 2.45) is 0 Å². The topological polar surface area (TPSA) is 39.7 Å². The summed E-state index contributed by atoms with van der Waals surface area (Å²) in [5.41, 5.74) is 3.23. The minimum atomic E-state index is -0.263. The zero-order valence-electron chi connectivity index (χ0n) is 17.1. The fourth-order valence-electron chi connectivity index (χ4n) is 3.01. The maximum atomic E-state index is 13.1. The highest BCUT2D eigenvalue weighted by Gasteiger charge is 2.12. The Morgan fingerprint density at radius 3 is 2.23 bits per heavy atom. The van der Waals surface area contributed by atoms with Crippen molar-refractivity contribution in [3.8, 4) is 17.2 Å². The minimum absolute atomic E-state index is 0.263. The Morgan fingerprint density at radius 2 is 1.57 bits per heavy atom. The molecule has 0 atom stereocenters. The first-order valence-corrected chi connectivity index (χ1v) is 10.5. The lowest BCUT2D eigenvalue weighted by atomic mass is 10.1. The Labute approximate surface area is 185 Å². The third-order valence-corrected chi connectivity index (χ3v) is 5.25. The Bertz CT molecular complexity index is 946. The summed E-state index contributed by atoms with van der Waals surface area (Å²) in [6, 6.07) is 18.3. The number of methoxy groups -OCH3 is 2. The van der Waals surface area contributed by atoms with Gasteiger partial charge in [0, 0.05) is 6.54 Å². The lowest BCUT2D eigenvalue weighted by Gasteiger charge is -2.15. The van der Waals surface area contributed by atoms with Crippen molar-refractivity contribution >= 4 is 15.9 Å².